The normalized spacial score (nSPS) is 8.91. The summed E-state index contributed by atoms with van der Waals surface area (Å²) in [6.45, 7) is 11.6. The summed E-state index contributed by atoms with van der Waals surface area (Å²) >= 11 is 0. The molecule has 0 saturated carbocycles. The lowest BCUT2D eigenvalue weighted by molar-refractivity contribution is -0.124. The van der Waals surface area contributed by atoms with E-state index in [1.54, 1.807) is 6.92 Å². The van der Waals surface area contributed by atoms with Gasteiger partial charge in [0.15, 0.2) is 0 Å². The van der Waals surface area contributed by atoms with Gasteiger partial charge in [-0.3, -0.25) is 4.79 Å². The molecule has 3 radical (unpaired) electrons. The van der Waals surface area contributed by atoms with Gasteiger partial charge in [0.2, 0.25) is 0 Å². The van der Waals surface area contributed by atoms with Gasteiger partial charge in [-0.15, -0.1) is 0 Å². The average molecular weight is 155 g/mol. The third-order valence-corrected chi connectivity index (χ3v) is 1.06. The molecule has 0 heterocycles. The lowest BCUT2D eigenvalue weighted by atomic mass is 9.92. The topological polar surface area (TPSA) is 17.1 Å². The van der Waals surface area contributed by atoms with Crippen LogP contribution in [0.25, 0.3) is 0 Å². The summed E-state index contributed by atoms with van der Waals surface area (Å²) in [5.74, 6) is 0.243. The third kappa shape index (κ3) is 17.7. The van der Waals surface area contributed by atoms with Crippen LogP contribution < -0.4 is 0 Å². The summed E-state index contributed by atoms with van der Waals surface area (Å²) in [5.41, 5.74) is -0.139. The zero-order valence-electron chi connectivity index (χ0n) is 8.69. The van der Waals surface area contributed by atoms with Crippen LogP contribution >= 0.6 is 0 Å². The monoisotopic (exact) mass is 155 g/mol. The van der Waals surface area contributed by atoms with Crippen LogP contribution in [-0.4, -0.2) is 14.2 Å². The molecule has 2 heteroatoms. The second-order valence-electron chi connectivity index (χ2n) is 3.51. The number of Topliss-reactive ketones (excluding diaryl/α,β-unsaturated/α-hetero) is 1. The molecule has 0 aromatic carbocycles. The summed E-state index contributed by atoms with van der Waals surface area (Å²) < 4.78 is 0. The number of carbonyl (C=O) groups excluding carboxylic acids is 1. The van der Waals surface area contributed by atoms with Gasteiger partial charge in [0, 0.05) is 13.8 Å². The van der Waals surface area contributed by atoms with E-state index in [1.165, 1.54) is 6.42 Å². The average Bonchev–Trinajstić information content (AvgIpc) is 1.64. The summed E-state index contributed by atoms with van der Waals surface area (Å²) in [6.07, 6.45) is 1.25. The van der Waals surface area contributed by atoms with Crippen LogP contribution in [0.2, 0.25) is 0 Å². The van der Waals surface area contributed by atoms with E-state index >= 15 is 0 Å². The first-order valence-electron chi connectivity index (χ1n) is 3.87. The van der Waals surface area contributed by atoms with Crippen molar-refractivity contribution in [3.8, 4) is 0 Å². The van der Waals surface area contributed by atoms with Crippen LogP contribution in [0.5, 0.6) is 0 Å². The minimum Gasteiger partial charge on any atom is -0.299 e. The quantitative estimate of drug-likeness (QED) is 0.491. The molecule has 0 fully saturated rings. The Hall–Kier alpha value is -0.265. The van der Waals surface area contributed by atoms with Gasteiger partial charge in [-0.25, -0.2) is 0 Å². The highest BCUT2D eigenvalue weighted by Gasteiger charge is 2.14. The predicted molar refractivity (Wildman–Crippen MR) is 51.9 cm³/mol. The molecule has 0 aliphatic rings. The highest BCUT2D eigenvalue weighted by molar-refractivity contribution is 5.80. The number of hydrogen-bond acceptors (Lipinski definition) is 1. The Kier molecular flexibility index (Phi) is 12.1. The molecule has 65 valence electrons. The van der Waals surface area contributed by atoms with Gasteiger partial charge in [-0.2, -0.15) is 0 Å². The Morgan fingerprint density at radius 1 is 1.18 bits per heavy atom. The van der Waals surface area contributed by atoms with Crippen LogP contribution in [-0.2, 0) is 4.79 Å². The van der Waals surface area contributed by atoms with E-state index in [1.807, 2.05) is 20.8 Å². The molecule has 0 aromatic heterocycles. The number of carbonyl (C=O) groups is 1. The van der Waals surface area contributed by atoms with E-state index in [4.69, 9.17) is 0 Å². The van der Waals surface area contributed by atoms with Crippen molar-refractivity contribution in [1.82, 2.24) is 0 Å². The van der Waals surface area contributed by atoms with Crippen LogP contribution in [0, 0.1) is 5.41 Å². The van der Waals surface area contributed by atoms with Crippen LogP contribution in [0.4, 0.5) is 0 Å². The number of hydrogen-bond donors (Lipinski definition) is 0. The van der Waals surface area contributed by atoms with Crippen molar-refractivity contribution in [2.75, 3.05) is 0 Å². The summed E-state index contributed by atoms with van der Waals surface area (Å²) in [7, 11) is 0. The van der Waals surface area contributed by atoms with E-state index in [0.717, 1.165) is 0 Å². The zero-order chi connectivity index (χ0) is 8.78. The highest BCUT2D eigenvalue weighted by Crippen LogP contribution is 2.12. The molecule has 0 aliphatic carbocycles. The largest absolute Gasteiger partial charge is 0.299 e. The summed E-state index contributed by atoms with van der Waals surface area (Å²) in [4.78, 5) is 10.5. The predicted octanol–water partition coefficient (Wildman–Crippen LogP) is 2.66. The molecule has 1 nitrogen and oxygen atoms in total. The highest BCUT2D eigenvalue weighted by atomic mass is 16.1. The van der Waals surface area contributed by atoms with Crippen molar-refractivity contribution in [2.45, 2.75) is 48.0 Å². The first-order valence-corrected chi connectivity index (χ1v) is 3.87. The van der Waals surface area contributed by atoms with E-state index < -0.39 is 0 Å². The fraction of sp³-hybridized carbons (Fsp3) is 0.889. The van der Waals surface area contributed by atoms with Gasteiger partial charge in [-0.1, -0.05) is 41.0 Å². The lowest BCUT2D eigenvalue weighted by Gasteiger charge is -2.11. The van der Waals surface area contributed by atoms with E-state index in [9.17, 15) is 4.79 Å². The first kappa shape index (κ1) is 17.0. The molecular formula is C9H20BO. The van der Waals surface area contributed by atoms with Crippen molar-refractivity contribution in [2.24, 2.45) is 5.41 Å². The van der Waals surface area contributed by atoms with Crippen molar-refractivity contribution in [3.05, 3.63) is 0 Å². The second-order valence-corrected chi connectivity index (χ2v) is 3.51. The standard InChI is InChI=1S/C6H12O.C3H8.B/c1-5(7)6(2,3)4;1-3-2;/h1-4H3;3H2,1-2H3;. The van der Waals surface area contributed by atoms with Gasteiger partial charge in [0.05, 0.1) is 0 Å². The van der Waals surface area contributed by atoms with E-state index in [2.05, 4.69) is 13.8 Å². The molecule has 0 rings (SSSR count). The van der Waals surface area contributed by atoms with E-state index in [-0.39, 0.29) is 19.6 Å². The fourth-order valence-corrected chi connectivity index (χ4v) is 0. The Morgan fingerprint density at radius 2 is 1.27 bits per heavy atom. The second kappa shape index (κ2) is 7.84. The molecule has 0 bridgehead atoms. The maximum absolute atomic E-state index is 10.5. The molecule has 0 amide bonds. The Balaban J connectivity index is -0.000000140. The van der Waals surface area contributed by atoms with Crippen LogP contribution in [0.15, 0.2) is 0 Å². The zero-order valence-corrected chi connectivity index (χ0v) is 8.69. The fourth-order valence-electron chi connectivity index (χ4n) is 0. The van der Waals surface area contributed by atoms with Gasteiger partial charge in [0.25, 0.3) is 0 Å². The maximum atomic E-state index is 10.5. The summed E-state index contributed by atoms with van der Waals surface area (Å²) in [6, 6.07) is 0. The van der Waals surface area contributed by atoms with Crippen molar-refractivity contribution < 1.29 is 4.79 Å². The van der Waals surface area contributed by atoms with Crippen molar-refractivity contribution in [1.29, 1.82) is 0 Å². The minimum absolute atomic E-state index is 0. The molecule has 0 aliphatic heterocycles. The molecule has 0 unspecified atom stereocenters. The molecule has 0 saturated heterocycles. The molecule has 0 atom stereocenters. The molecule has 0 N–H and O–H groups in total. The minimum atomic E-state index is -0.139. The lowest BCUT2D eigenvalue weighted by Crippen LogP contribution is -2.15. The molecule has 11 heavy (non-hydrogen) atoms. The maximum Gasteiger partial charge on any atom is 0.135 e. The van der Waals surface area contributed by atoms with Gasteiger partial charge < -0.3 is 0 Å². The van der Waals surface area contributed by atoms with Crippen LogP contribution in [0.1, 0.15) is 48.0 Å². The van der Waals surface area contributed by atoms with Crippen molar-refractivity contribution >= 4 is 14.2 Å². The number of rotatable bonds is 0. The molecule has 0 spiro atoms. The molecular weight excluding hydrogens is 135 g/mol. The van der Waals surface area contributed by atoms with E-state index in [0.29, 0.717) is 0 Å². The Bertz CT molecular complexity index is 92.2. The van der Waals surface area contributed by atoms with Gasteiger partial charge in [0.1, 0.15) is 5.78 Å². The van der Waals surface area contributed by atoms with Gasteiger partial charge in [-0.05, 0) is 6.92 Å². The Morgan fingerprint density at radius 3 is 1.27 bits per heavy atom. The first-order chi connectivity index (χ1) is 4.36. The molecule has 0 aromatic rings. The van der Waals surface area contributed by atoms with Gasteiger partial charge >= 0.3 is 0 Å². The van der Waals surface area contributed by atoms with Crippen LogP contribution in [0.3, 0.4) is 0 Å². The number of ketones is 1. The smallest absolute Gasteiger partial charge is 0.135 e. The Labute approximate surface area is 73.1 Å². The third-order valence-electron chi connectivity index (χ3n) is 1.06. The van der Waals surface area contributed by atoms with Crippen molar-refractivity contribution in [3.63, 3.8) is 0 Å². The SMILES string of the molecule is CC(=O)C(C)(C)C.CCC.[B]. The summed E-state index contributed by atoms with van der Waals surface area (Å²) in [5, 5.41) is 0.